The predicted molar refractivity (Wildman–Crippen MR) is 96.3 cm³/mol. The minimum atomic E-state index is -3.61. The number of nitrogens with two attached hydrogens (primary N) is 1. The molecule has 0 fully saturated rings. The largest absolute Gasteiger partial charge is 0.348 e. The fourth-order valence-corrected chi connectivity index (χ4v) is 3.72. The third-order valence-corrected chi connectivity index (χ3v) is 5.02. The van der Waals surface area contributed by atoms with E-state index in [1.807, 2.05) is 0 Å². The van der Waals surface area contributed by atoms with E-state index >= 15 is 0 Å². The van der Waals surface area contributed by atoms with Crippen molar-refractivity contribution in [1.82, 2.24) is 10.0 Å². The Labute approximate surface area is 145 Å². The van der Waals surface area contributed by atoms with Crippen molar-refractivity contribution in [2.45, 2.75) is 57.5 Å². The van der Waals surface area contributed by atoms with Crippen molar-refractivity contribution < 1.29 is 13.2 Å². The minimum absolute atomic E-state index is 0.0940. The Balaban J connectivity index is 2.85. The van der Waals surface area contributed by atoms with Gasteiger partial charge < -0.3 is 11.1 Å². The second-order valence-corrected chi connectivity index (χ2v) is 9.10. The maximum atomic E-state index is 12.3. The molecule has 0 radical (unpaired) electrons. The molecule has 0 aliphatic carbocycles. The molecule has 0 aromatic heterocycles. The highest BCUT2D eigenvalue weighted by atomic mass is 32.2. The molecule has 1 aromatic carbocycles. The van der Waals surface area contributed by atoms with Crippen LogP contribution in [0.4, 0.5) is 0 Å². The van der Waals surface area contributed by atoms with Crippen LogP contribution in [0.1, 0.15) is 51.4 Å². The van der Waals surface area contributed by atoms with Gasteiger partial charge in [0.05, 0.1) is 4.90 Å². The number of benzene rings is 1. The molecule has 0 aliphatic rings. The minimum Gasteiger partial charge on any atom is -0.348 e. The molecule has 4 N–H and O–H groups in total. The zero-order valence-corrected chi connectivity index (χ0v) is 15.9. The van der Waals surface area contributed by atoms with E-state index in [-0.39, 0.29) is 16.8 Å². The van der Waals surface area contributed by atoms with Gasteiger partial charge in [-0.2, -0.15) is 0 Å². The average molecular weight is 356 g/mol. The van der Waals surface area contributed by atoms with Gasteiger partial charge in [0.2, 0.25) is 10.0 Å². The van der Waals surface area contributed by atoms with Crippen LogP contribution in [0, 0.1) is 5.92 Å². The van der Waals surface area contributed by atoms with Crippen molar-refractivity contribution in [2.24, 2.45) is 11.7 Å². The molecule has 0 saturated heterocycles. The summed E-state index contributed by atoms with van der Waals surface area (Å²) in [5.41, 5.74) is 5.52. The number of carbonyl (C=O) groups is 1. The van der Waals surface area contributed by atoms with Gasteiger partial charge in [-0.1, -0.05) is 13.8 Å². The SMILES string of the molecule is CC(C)CC(CN)NC(=O)c1ccc(S(=O)(=O)NC(C)(C)C)cc1. The van der Waals surface area contributed by atoms with Crippen LogP contribution in [0.15, 0.2) is 29.2 Å². The standard InChI is InChI=1S/C17H29N3O3S/c1-12(2)10-14(11-18)19-16(21)13-6-8-15(9-7-13)24(22,23)20-17(3,4)5/h6-9,12,14,20H,10-11,18H2,1-5H3,(H,19,21). The van der Waals surface area contributed by atoms with E-state index in [0.717, 1.165) is 6.42 Å². The Bertz CT molecular complexity index is 647. The molecule has 6 nitrogen and oxygen atoms in total. The maximum absolute atomic E-state index is 12.3. The van der Waals surface area contributed by atoms with E-state index in [2.05, 4.69) is 23.9 Å². The van der Waals surface area contributed by atoms with Crippen molar-refractivity contribution in [3.63, 3.8) is 0 Å². The van der Waals surface area contributed by atoms with Crippen LogP contribution in [0.2, 0.25) is 0 Å². The lowest BCUT2D eigenvalue weighted by molar-refractivity contribution is 0.0933. The number of hydrogen-bond acceptors (Lipinski definition) is 4. The molecule has 0 spiro atoms. The first-order valence-corrected chi connectivity index (χ1v) is 9.58. The Hall–Kier alpha value is -1.44. The zero-order valence-electron chi connectivity index (χ0n) is 15.1. The highest BCUT2D eigenvalue weighted by Crippen LogP contribution is 2.14. The third kappa shape index (κ3) is 6.59. The van der Waals surface area contributed by atoms with Gasteiger partial charge in [-0.05, 0) is 57.4 Å². The van der Waals surface area contributed by atoms with Gasteiger partial charge in [0.15, 0.2) is 0 Å². The number of amides is 1. The molecule has 1 rings (SSSR count). The molecule has 1 aromatic rings. The van der Waals surface area contributed by atoms with Crippen molar-refractivity contribution in [3.8, 4) is 0 Å². The highest BCUT2D eigenvalue weighted by Gasteiger charge is 2.22. The molecule has 136 valence electrons. The summed E-state index contributed by atoms with van der Waals surface area (Å²) in [5.74, 6) is 0.175. The molecule has 7 heteroatoms. The first-order chi connectivity index (χ1) is 10.9. The van der Waals surface area contributed by atoms with Crippen molar-refractivity contribution in [1.29, 1.82) is 0 Å². The van der Waals surface area contributed by atoms with Gasteiger partial charge in [-0.25, -0.2) is 13.1 Å². The number of carbonyl (C=O) groups excluding carboxylic acids is 1. The normalized spacial score (nSPS) is 13.8. The Morgan fingerprint density at radius 2 is 1.71 bits per heavy atom. The smallest absolute Gasteiger partial charge is 0.251 e. The van der Waals surface area contributed by atoms with Crippen molar-refractivity contribution in [3.05, 3.63) is 29.8 Å². The van der Waals surface area contributed by atoms with E-state index in [4.69, 9.17) is 5.73 Å². The topological polar surface area (TPSA) is 101 Å². The second kappa shape index (κ2) is 8.09. The number of rotatable bonds is 7. The third-order valence-electron chi connectivity index (χ3n) is 3.24. The summed E-state index contributed by atoms with van der Waals surface area (Å²) >= 11 is 0. The lowest BCUT2D eigenvalue weighted by Gasteiger charge is -2.20. The second-order valence-electron chi connectivity index (χ2n) is 7.42. The summed E-state index contributed by atoms with van der Waals surface area (Å²) in [7, 11) is -3.61. The van der Waals surface area contributed by atoms with Crippen molar-refractivity contribution >= 4 is 15.9 Å². The van der Waals surface area contributed by atoms with Gasteiger partial charge in [-0.15, -0.1) is 0 Å². The first kappa shape index (κ1) is 20.6. The fraction of sp³-hybridized carbons (Fsp3) is 0.588. The van der Waals surface area contributed by atoms with Crippen molar-refractivity contribution in [2.75, 3.05) is 6.54 Å². The maximum Gasteiger partial charge on any atom is 0.251 e. The molecule has 1 atom stereocenters. The van der Waals surface area contributed by atoms with Gasteiger partial charge >= 0.3 is 0 Å². The number of sulfonamides is 1. The van der Waals surface area contributed by atoms with Gasteiger partial charge in [0.25, 0.3) is 5.91 Å². The number of nitrogens with one attached hydrogen (secondary N) is 2. The van der Waals surface area contributed by atoms with Crippen LogP contribution in [0.5, 0.6) is 0 Å². The quantitative estimate of drug-likeness (QED) is 0.695. The summed E-state index contributed by atoms with van der Waals surface area (Å²) in [6.45, 7) is 9.81. The lowest BCUT2D eigenvalue weighted by Crippen LogP contribution is -2.41. The van der Waals surface area contributed by atoms with Crippen LogP contribution in [0.3, 0.4) is 0 Å². The summed E-state index contributed by atoms with van der Waals surface area (Å²) in [6, 6.07) is 5.79. The van der Waals surface area contributed by atoms with Gasteiger partial charge in [-0.3, -0.25) is 4.79 Å². The fourth-order valence-electron chi connectivity index (χ4n) is 2.30. The first-order valence-electron chi connectivity index (χ1n) is 8.09. The molecule has 24 heavy (non-hydrogen) atoms. The molecular weight excluding hydrogens is 326 g/mol. The molecule has 1 amide bonds. The molecular formula is C17H29N3O3S. The van der Waals surface area contributed by atoms with Crippen LogP contribution >= 0.6 is 0 Å². The molecule has 0 bridgehead atoms. The lowest BCUT2D eigenvalue weighted by atomic mass is 10.0. The van der Waals surface area contributed by atoms with E-state index in [1.165, 1.54) is 24.3 Å². The van der Waals surface area contributed by atoms with Crippen LogP contribution in [-0.2, 0) is 10.0 Å². The van der Waals surface area contributed by atoms with Gasteiger partial charge in [0.1, 0.15) is 0 Å². The Morgan fingerprint density at radius 1 is 1.17 bits per heavy atom. The van der Waals surface area contributed by atoms with E-state index < -0.39 is 15.6 Å². The summed E-state index contributed by atoms with van der Waals surface area (Å²) in [5, 5.41) is 2.88. The summed E-state index contributed by atoms with van der Waals surface area (Å²) in [6.07, 6.45) is 0.796. The van der Waals surface area contributed by atoms with E-state index in [0.29, 0.717) is 18.0 Å². The molecule has 1 unspecified atom stereocenters. The van der Waals surface area contributed by atoms with Crippen LogP contribution in [-0.4, -0.2) is 32.5 Å². The average Bonchev–Trinajstić information content (AvgIpc) is 2.43. The van der Waals surface area contributed by atoms with Gasteiger partial charge in [0, 0.05) is 23.7 Å². The molecule has 0 heterocycles. The summed E-state index contributed by atoms with van der Waals surface area (Å²) in [4.78, 5) is 12.4. The zero-order chi connectivity index (χ0) is 18.5. The Morgan fingerprint density at radius 3 is 2.12 bits per heavy atom. The van der Waals surface area contributed by atoms with E-state index in [9.17, 15) is 13.2 Å². The van der Waals surface area contributed by atoms with Crippen LogP contribution < -0.4 is 15.8 Å². The summed E-state index contributed by atoms with van der Waals surface area (Å²) < 4.78 is 27.1. The van der Waals surface area contributed by atoms with E-state index in [1.54, 1.807) is 20.8 Å². The van der Waals surface area contributed by atoms with Crippen LogP contribution in [0.25, 0.3) is 0 Å². The molecule has 0 saturated carbocycles. The number of hydrogen-bond donors (Lipinski definition) is 3. The molecule has 0 aliphatic heterocycles. The highest BCUT2D eigenvalue weighted by molar-refractivity contribution is 7.89. The predicted octanol–water partition coefficient (Wildman–Crippen LogP) is 1.87. The monoisotopic (exact) mass is 355 g/mol. The Kier molecular flexibility index (Phi) is 6.95.